The van der Waals surface area contributed by atoms with Gasteiger partial charge in [0.2, 0.25) is 0 Å². The smallest absolute Gasteiger partial charge is 0.337 e. The molecule has 2 heterocycles. The van der Waals surface area contributed by atoms with Crippen molar-refractivity contribution in [3.8, 4) is 0 Å². The van der Waals surface area contributed by atoms with Gasteiger partial charge in [0, 0.05) is 16.0 Å². The number of carbonyl (C=O) groups excluding carboxylic acids is 1. The number of aromatic nitrogens is 2. The lowest BCUT2D eigenvalue weighted by atomic mass is 10.1. The van der Waals surface area contributed by atoms with Crippen molar-refractivity contribution in [3.63, 3.8) is 0 Å². The largest absolute Gasteiger partial charge is 0.465 e. The van der Waals surface area contributed by atoms with Crippen molar-refractivity contribution in [1.29, 1.82) is 0 Å². The highest BCUT2D eigenvalue weighted by atomic mass is 32.2. The zero-order chi connectivity index (χ0) is 16.5. The molecule has 3 aromatic rings. The molecule has 1 aliphatic rings. The summed E-state index contributed by atoms with van der Waals surface area (Å²) in [5.41, 5.74) is 3.19. The molecule has 0 unspecified atom stereocenters. The van der Waals surface area contributed by atoms with Crippen LogP contribution >= 0.6 is 23.1 Å². The van der Waals surface area contributed by atoms with E-state index in [2.05, 4.69) is 9.97 Å². The molecule has 122 valence electrons. The van der Waals surface area contributed by atoms with Crippen molar-refractivity contribution in [2.45, 2.75) is 30.0 Å². The Morgan fingerprint density at radius 3 is 2.88 bits per heavy atom. The number of esters is 1. The molecule has 0 bridgehead atoms. The van der Waals surface area contributed by atoms with Gasteiger partial charge in [-0.2, -0.15) is 0 Å². The van der Waals surface area contributed by atoms with Crippen molar-refractivity contribution in [2.75, 3.05) is 7.11 Å². The summed E-state index contributed by atoms with van der Waals surface area (Å²) in [5, 5.41) is 2.32. The Hall–Kier alpha value is -1.92. The molecule has 6 heteroatoms. The van der Waals surface area contributed by atoms with Crippen LogP contribution in [0.15, 0.2) is 35.6 Å². The first-order valence-corrected chi connectivity index (χ1v) is 9.62. The number of methoxy groups -OCH3 is 1. The first-order chi connectivity index (χ1) is 11.8. The lowest BCUT2D eigenvalue weighted by Crippen LogP contribution is -2.00. The Morgan fingerprint density at radius 2 is 2.08 bits per heavy atom. The van der Waals surface area contributed by atoms with Gasteiger partial charge in [-0.1, -0.05) is 12.1 Å². The third-order valence-corrected chi connectivity index (χ3v) is 6.48. The van der Waals surface area contributed by atoms with Gasteiger partial charge in [0.15, 0.2) is 0 Å². The second kappa shape index (κ2) is 6.53. The number of carbonyl (C=O) groups is 1. The summed E-state index contributed by atoms with van der Waals surface area (Å²) < 4.78 is 4.73. The third-order valence-electron chi connectivity index (χ3n) is 4.22. The fourth-order valence-electron chi connectivity index (χ4n) is 3.02. The minimum absolute atomic E-state index is 0.305. The van der Waals surface area contributed by atoms with Gasteiger partial charge in [0.05, 0.1) is 12.7 Å². The molecule has 0 aliphatic heterocycles. The van der Waals surface area contributed by atoms with Gasteiger partial charge in [-0.3, -0.25) is 0 Å². The maximum absolute atomic E-state index is 11.5. The van der Waals surface area contributed by atoms with Crippen molar-refractivity contribution >= 4 is 39.3 Å². The van der Waals surface area contributed by atoms with E-state index in [9.17, 15) is 4.79 Å². The molecule has 24 heavy (non-hydrogen) atoms. The topological polar surface area (TPSA) is 52.1 Å². The molecule has 0 atom stereocenters. The van der Waals surface area contributed by atoms with E-state index in [-0.39, 0.29) is 5.97 Å². The molecule has 0 radical (unpaired) electrons. The summed E-state index contributed by atoms with van der Waals surface area (Å²) >= 11 is 3.55. The van der Waals surface area contributed by atoms with E-state index in [4.69, 9.17) is 4.74 Å². The summed E-state index contributed by atoms with van der Waals surface area (Å²) in [6, 6.07) is 7.55. The molecule has 0 amide bonds. The minimum Gasteiger partial charge on any atom is -0.465 e. The van der Waals surface area contributed by atoms with Crippen molar-refractivity contribution in [2.24, 2.45) is 0 Å². The average molecular weight is 356 g/mol. The van der Waals surface area contributed by atoms with E-state index in [0.717, 1.165) is 27.6 Å². The second-order valence-corrected chi connectivity index (χ2v) is 7.74. The Morgan fingerprint density at radius 1 is 1.25 bits per heavy atom. The molecule has 0 spiro atoms. The Bertz CT molecular complexity index is 903. The van der Waals surface area contributed by atoms with Gasteiger partial charge in [0.25, 0.3) is 0 Å². The Labute approximate surface area is 148 Å². The highest BCUT2D eigenvalue weighted by Crippen LogP contribution is 2.40. The number of benzene rings is 1. The molecule has 4 nitrogen and oxygen atoms in total. The SMILES string of the molecule is COC(=O)c1ccc(CSc2ncnc3sc4c(c23)CCC4)cc1. The standard InChI is InChI=1S/C18H16N2O2S2/c1-22-18(21)12-7-5-11(6-8-12)9-23-16-15-13-3-2-4-14(13)24-17(15)20-10-19-16/h5-8,10H,2-4,9H2,1H3. The monoisotopic (exact) mass is 356 g/mol. The van der Waals surface area contributed by atoms with Crippen LogP contribution in [0, 0.1) is 0 Å². The summed E-state index contributed by atoms with van der Waals surface area (Å²) in [7, 11) is 1.39. The van der Waals surface area contributed by atoms with Gasteiger partial charge in [-0.15, -0.1) is 23.1 Å². The van der Waals surface area contributed by atoms with Crippen LogP contribution in [0.1, 0.15) is 32.8 Å². The number of thiophene rings is 1. The summed E-state index contributed by atoms with van der Waals surface area (Å²) in [6.45, 7) is 0. The molecule has 4 rings (SSSR count). The van der Waals surface area contributed by atoms with Crippen LogP contribution in [0.5, 0.6) is 0 Å². The van der Waals surface area contributed by atoms with E-state index >= 15 is 0 Å². The summed E-state index contributed by atoms with van der Waals surface area (Å²) in [6.07, 6.45) is 5.22. The van der Waals surface area contributed by atoms with Gasteiger partial charge in [0.1, 0.15) is 16.2 Å². The lowest BCUT2D eigenvalue weighted by Gasteiger charge is -2.05. The van der Waals surface area contributed by atoms with E-state index in [0.29, 0.717) is 5.56 Å². The zero-order valence-corrected chi connectivity index (χ0v) is 14.9. The molecule has 0 saturated carbocycles. The molecular formula is C18H16N2O2S2. The Kier molecular flexibility index (Phi) is 4.24. The van der Waals surface area contributed by atoms with Gasteiger partial charge in [-0.25, -0.2) is 14.8 Å². The second-order valence-electron chi connectivity index (χ2n) is 5.69. The van der Waals surface area contributed by atoms with Gasteiger partial charge >= 0.3 is 5.97 Å². The fraction of sp³-hybridized carbons (Fsp3) is 0.278. The van der Waals surface area contributed by atoms with E-state index in [1.54, 1.807) is 30.2 Å². The summed E-state index contributed by atoms with van der Waals surface area (Å²) in [5.74, 6) is 0.513. The molecule has 1 aliphatic carbocycles. The molecule has 0 N–H and O–H groups in total. The number of aryl methyl sites for hydroxylation is 2. The Balaban J connectivity index is 1.56. The quantitative estimate of drug-likeness (QED) is 0.397. The highest BCUT2D eigenvalue weighted by molar-refractivity contribution is 7.98. The first kappa shape index (κ1) is 15.6. The van der Waals surface area contributed by atoms with Crippen LogP contribution in [0.2, 0.25) is 0 Å². The predicted molar refractivity (Wildman–Crippen MR) is 96.8 cm³/mol. The van der Waals surface area contributed by atoms with Crippen LogP contribution < -0.4 is 0 Å². The van der Waals surface area contributed by atoms with Gasteiger partial charge < -0.3 is 4.74 Å². The number of fused-ring (bicyclic) bond motifs is 3. The molecule has 2 aromatic heterocycles. The summed E-state index contributed by atoms with van der Waals surface area (Å²) in [4.78, 5) is 23.0. The van der Waals surface area contributed by atoms with E-state index in [1.807, 2.05) is 23.5 Å². The van der Waals surface area contributed by atoms with Crippen LogP contribution in [0.3, 0.4) is 0 Å². The van der Waals surface area contributed by atoms with E-state index < -0.39 is 0 Å². The molecule has 1 aromatic carbocycles. The van der Waals surface area contributed by atoms with Crippen LogP contribution in [0.4, 0.5) is 0 Å². The number of thioether (sulfide) groups is 1. The molecule has 0 saturated heterocycles. The number of hydrogen-bond acceptors (Lipinski definition) is 6. The fourth-order valence-corrected chi connectivity index (χ4v) is 5.29. The normalized spacial score (nSPS) is 13.2. The lowest BCUT2D eigenvalue weighted by molar-refractivity contribution is 0.0600. The number of rotatable bonds is 4. The van der Waals surface area contributed by atoms with Crippen LogP contribution in [0.25, 0.3) is 10.2 Å². The maximum atomic E-state index is 11.5. The van der Waals surface area contributed by atoms with E-state index in [1.165, 1.54) is 35.8 Å². The first-order valence-electron chi connectivity index (χ1n) is 7.81. The number of ether oxygens (including phenoxy) is 1. The van der Waals surface area contributed by atoms with Gasteiger partial charge in [-0.05, 0) is 42.5 Å². The molecular weight excluding hydrogens is 340 g/mol. The minimum atomic E-state index is -0.305. The number of nitrogens with zero attached hydrogens (tertiary/aromatic N) is 2. The predicted octanol–water partition coefficient (Wildman–Crippen LogP) is 4.26. The van der Waals surface area contributed by atoms with Crippen molar-refractivity contribution < 1.29 is 9.53 Å². The zero-order valence-electron chi connectivity index (χ0n) is 13.2. The maximum Gasteiger partial charge on any atom is 0.337 e. The van der Waals surface area contributed by atoms with Crippen LogP contribution in [-0.2, 0) is 23.3 Å². The number of hydrogen-bond donors (Lipinski definition) is 0. The van der Waals surface area contributed by atoms with Crippen LogP contribution in [-0.4, -0.2) is 23.0 Å². The van der Waals surface area contributed by atoms with Crippen molar-refractivity contribution in [1.82, 2.24) is 9.97 Å². The molecule has 0 fully saturated rings. The highest BCUT2D eigenvalue weighted by Gasteiger charge is 2.21. The third kappa shape index (κ3) is 2.80. The average Bonchev–Trinajstić information content (AvgIpc) is 3.20. The van der Waals surface area contributed by atoms with Crippen molar-refractivity contribution in [3.05, 3.63) is 52.2 Å².